The molecule has 0 radical (unpaired) electrons. The standard InChI is InChI=1S/C17H16BrN3O2S/c1-10-6-7-12(9-14(10)18)16(23)21-17(24)20-13-5-3-4-11(8-13)15(22)19-2/h3-9H,1-2H3,(H,19,22)(H2,20,21,23,24). The lowest BCUT2D eigenvalue weighted by molar-refractivity contribution is 0.0959. The molecule has 0 spiro atoms. The average molecular weight is 406 g/mol. The third-order valence-electron chi connectivity index (χ3n) is 3.27. The molecule has 0 unspecified atom stereocenters. The van der Waals surface area contributed by atoms with Crippen LogP contribution < -0.4 is 16.0 Å². The number of hydrogen-bond acceptors (Lipinski definition) is 3. The number of benzene rings is 2. The summed E-state index contributed by atoms with van der Waals surface area (Å²) in [5.74, 6) is -0.506. The molecular weight excluding hydrogens is 390 g/mol. The Morgan fingerprint density at radius 3 is 2.42 bits per heavy atom. The van der Waals surface area contributed by atoms with Gasteiger partial charge in [-0.1, -0.05) is 28.1 Å². The summed E-state index contributed by atoms with van der Waals surface area (Å²) < 4.78 is 0.854. The zero-order valence-electron chi connectivity index (χ0n) is 13.1. The maximum atomic E-state index is 12.2. The van der Waals surface area contributed by atoms with Crippen molar-refractivity contribution in [3.8, 4) is 0 Å². The second-order valence-corrected chi connectivity index (χ2v) is 6.29. The van der Waals surface area contributed by atoms with Gasteiger partial charge in [0.15, 0.2) is 5.11 Å². The maximum Gasteiger partial charge on any atom is 0.257 e. The molecule has 0 fully saturated rings. The predicted molar refractivity (Wildman–Crippen MR) is 102 cm³/mol. The molecule has 0 aromatic heterocycles. The lowest BCUT2D eigenvalue weighted by atomic mass is 10.1. The summed E-state index contributed by atoms with van der Waals surface area (Å²) in [4.78, 5) is 23.8. The first-order valence-electron chi connectivity index (χ1n) is 7.11. The van der Waals surface area contributed by atoms with Gasteiger partial charge >= 0.3 is 0 Å². The number of aryl methyl sites for hydroxylation is 1. The average Bonchev–Trinajstić information content (AvgIpc) is 2.56. The molecule has 0 saturated heterocycles. The highest BCUT2D eigenvalue weighted by Crippen LogP contribution is 2.17. The fraction of sp³-hybridized carbons (Fsp3) is 0.118. The summed E-state index contributed by atoms with van der Waals surface area (Å²) >= 11 is 8.55. The number of thiocarbonyl (C=S) groups is 1. The highest BCUT2D eigenvalue weighted by atomic mass is 79.9. The van der Waals surface area contributed by atoms with Crippen LogP contribution in [0, 0.1) is 6.92 Å². The number of nitrogens with one attached hydrogen (secondary N) is 3. The highest BCUT2D eigenvalue weighted by molar-refractivity contribution is 9.10. The molecule has 0 atom stereocenters. The van der Waals surface area contributed by atoms with E-state index < -0.39 is 0 Å². The molecule has 124 valence electrons. The van der Waals surface area contributed by atoms with Crippen molar-refractivity contribution in [3.63, 3.8) is 0 Å². The van der Waals surface area contributed by atoms with E-state index in [4.69, 9.17) is 12.2 Å². The van der Waals surface area contributed by atoms with Crippen molar-refractivity contribution < 1.29 is 9.59 Å². The van der Waals surface area contributed by atoms with Crippen LogP contribution in [0.25, 0.3) is 0 Å². The third-order valence-corrected chi connectivity index (χ3v) is 4.33. The quantitative estimate of drug-likeness (QED) is 0.685. The minimum absolute atomic E-state index is 0.158. The highest BCUT2D eigenvalue weighted by Gasteiger charge is 2.10. The molecule has 7 heteroatoms. The number of carbonyl (C=O) groups excluding carboxylic acids is 2. The van der Waals surface area contributed by atoms with Gasteiger partial charge < -0.3 is 10.6 Å². The fourth-order valence-corrected chi connectivity index (χ4v) is 2.54. The van der Waals surface area contributed by atoms with Crippen LogP contribution in [0.5, 0.6) is 0 Å². The van der Waals surface area contributed by atoms with Gasteiger partial charge in [0.1, 0.15) is 0 Å². The minimum atomic E-state index is -0.310. The van der Waals surface area contributed by atoms with Gasteiger partial charge in [-0.2, -0.15) is 0 Å². The SMILES string of the molecule is CNC(=O)c1cccc(NC(=S)NC(=O)c2ccc(C)c(Br)c2)c1. The van der Waals surface area contributed by atoms with Crippen molar-refractivity contribution in [2.75, 3.05) is 12.4 Å². The van der Waals surface area contributed by atoms with Crippen molar-refractivity contribution in [1.82, 2.24) is 10.6 Å². The molecule has 0 heterocycles. The lowest BCUT2D eigenvalue weighted by Gasteiger charge is -2.11. The molecule has 2 aromatic carbocycles. The number of carbonyl (C=O) groups is 2. The third kappa shape index (κ3) is 4.62. The van der Waals surface area contributed by atoms with E-state index in [1.165, 1.54) is 0 Å². The van der Waals surface area contributed by atoms with Gasteiger partial charge in [0.05, 0.1) is 0 Å². The first-order valence-corrected chi connectivity index (χ1v) is 8.31. The molecule has 0 saturated carbocycles. The molecule has 0 aliphatic heterocycles. The summed E-state index contributed by atoms with van der Waals surface area (Å²) in [7, 11) is 1.56. The summed E-state index contributed by atoms with van der Waals surface area (Å²) in [6, 6.07) is 12.1. The summed E-state index contributed by atoms with van der Waals surface area (Å²) in [5, 5.41) is 8.22. The second kappa shape index (κ2) is 8.03. The van der Waals surface area contributed by atoms with Crippen LogP contribution in [0.3, 0.4) is 0 Å². The maximum absolute atomic E-state index is 12.2. The van der Waals surface area contributed by atoms with Crippen LogP contribution in [0.2, 0.25) is 0 Å². The normalized spacial score (nSPS) is 9.96. The Kier molecular flexibility index (Phi) is 6.05. The Morgan fingerprint density at radius 1 is 1.04 bits per heavy atom. The fourth-order valence-electron chi connectivity index (χ4n) is 1.95. The van der Waals surface area contributed by atoms with Gasteiger partial charge in [-0.05, 0) is 55.0 Å². The smallest absolute Gasteiger partial charge is 0.257 e. The summed E-state index contributed by atoms with van der Waals surface area (Å²) in [6.07, 6.45) is 0. The number of amides is 2. The zero-order valence-corrected chi connectivity index (χ0v) is 15.5. The van der Waals surface area contributed by atoms with Crippen LogP contribution in [0.1, 0.15) is 26.3 Å². The van der Waals surface area contributed by atoms with Crippen molar-refractivity contribution in [1.29, 1.82) is 0 Å². The van der Waals surface area contributed by atoms with Gasteiger partial charge in [0.2, 0.25) is 0 Å². The summed E-state index contributed by atoms with van der Waals surface area (Å²) in [6.45, 7) is 1.94. The second-order valence-electron chi connectivity index (χ2n) is 5.03. The Hall–Kier alpha value is -2.25. The van der Waals surface area contributed by atoms with Gasteiger partial charge in [0.25, 0.3) is 11.8 Å². The van der Waals surface area contributed by atoms with Crippen LogP contribution in [0.4, 0.5) is 5.69 Å². The van der Waals surface area contributed by atoms with Crippen LogP contribution in [-0.4, -0.2) is 24.0 Å². The Labute approximate surface area is 154 Å². The van der Waals surface area contributed by atoms with E-state index >= 15 is 0 Å². The molecule has 0 bridgehead atoms. The first-order chi connectivity index (χ1) is 11.4. The number of hydrogen-bond donors (Lipinski definition) is 3. The largest absolute Gasteiger partial charge is 0.355 e. The van der Waals surface area contributed by atoms with E-state index in [2.05, 4.69) is 31.9 Å². The molecule has 24 heavy (non-hydrogen) atoms. The van der Waals surface area contributed by atoms with Crippen molar-refractivity contribution >= 4 is 50.8 Å². The number of rotatable bonds is 3. The van der Waals surface area contributed by atoms with Gasteiger partial charge in [-0.25, -0.2) is 0 Å². The van der Waals surface area contributed by atoms with E-state index in [9.17, 15) is 9.59 Å². The molecule has 5 nitrogen and oxygen atoms in total. The van der Waals surface area contributed by atoms with Gasteiger partial charge in [0, 0.05) is 28.3 Å². The van der Waals surface area contributed by atoms with Crippen LogP contribution in [-0.2, 0) is 0 Å². The Morgan fingerprint density at radius 2 is 1.75 bits per heavy atom. The van der Waals surface area contributed by atoms with Crippen molar-refractivity contribution in [3.05, 3.63) is 63.6 Å². The lowest BCUT2D eigenvalue weighted by Crippen LogP contribution is -2.34. The Bertz CT molecular complexity index is 808. The molecular formula is C17H16BrN3O2S. The molecule has 2 rings (SSSR count). The van der Waals surface area contributed by atoms with E-state index in [-0.39, 0.29) is 16.9 Å². The topological polar surface area (TPSA) is 70.2 Å². The van der Waals surface area contributed by atoms with Crippen molar-refractivity contribution in [2.24, 2.45) is 0 Å². The van der Waals surface area contributed by atoms with Gasteiger partial charge in [-0.15, -0.1) is 0 Å². The molecule has 2 amide bonds. The molecule has 0 aliphatic rings. The zero-order chi connectivity index (χ0) is 17.7. The van der Waals surface area contributed by atoms with E-state index in [1.807, 2.05) is 13.0 Å². The van der Waals surface area contributed by atoms with E-state index in [0.717, 1.165) is 10.0 Å². The predicted octanol–water partition coefficient (Wildman–Crippen LogP) is 3.24. The minimum Gasteiger partial charge on any atom is -0.355 e. The van der Waals surface area contributed by atoms with Crippen molar-refractivity contribution in [2.45, 2.75) is 6.92 Å². The Balaban J connectivity index is 2.04. The van der Waals surface area contributed by atoms with E-state index in [0.29, 0.717) is 16.8 Å². The van der Waals surface area contributed by atoms with Crippen LogP contribution >= 0.6 is 28.1 Å². The van der Waals surface area contributed by atoms with E-state index in [1.54, 1.807) is 43.4 Å². The van der Waals surface area contributed by atoms with Gasteiger partial charge in [-0.3, -0.25) is 14.9 Å². The monoisotopic (exact) mass is 405 g/mol. The molecule has 0 aliphatic carbocycles. The van der Waals surface area contributed by atoms with Crippen LogP contribution in [0.15, 0.2) is 46.9 Å². The first kappa shape index (κ1) is 18.1. The number of halogens is 1. The molecule has 2 aromatic rings. The summed E-state index contributed by atoms with van der Waals surface area (Å²) in [5.41, 5.74) is 2.65. The number of anilines is 1. The molecule has 3 N–H and O–H groups in total.